The van der Waals surface area contributed by atoms with Gasteiger partial charge in [-0.2, -0.15) is 0 Å². The van der Waals surface area contributed by atoms with E-state index in [9.17, 15) is 4.79 Å². The monoisotopic (exact) mass is 276 g/mol. The van der Waals surface area contributed by atoms with Crippen LogP contribution in [0.25, 0.3) is 10.9 Å². The number of methoxy groups -OCH3 is 1. The number of nitrogens with zero attached hydrogens (tertiary/aromatic N) is 1. The van der Waals surface area contributed by atoms with Gasteiger partial charge in [0.25, 0.3) is 0 Å². The molecular weight excluding hydrogens is 260 g/mol. The highest BCUT2D eigenvalue weighted by Gasteiger charge is 2.07. The SMILES string of the molecule is CNc1nc2ccccc2cc1CSCC(=O)OC. The van der Waals surface area contributed by atoms with E-state index in [4.69, 9.17) is 0 Å². The van der Waals surface area contributed by atoms with E-state index in [1.807, 2.05) is 31.3 Å². The summed E-state index contributed by atoms with van der Waals surface area (Å²) in [7, 11) is 3.26. The van der Waals surface area contributed by atoms with Crippen molar-refractivity contribution in [2.75, 3.05) is 25.2 Å². The van der Waals surface area contributed by atoms with E-state index in [0.717, 1.165) is 28.0 Å². The molecule has 0 aliphatic heterocycles. The number of rotatable bonds is 5. The Bertz CT molecular complexity index is 587. The second-order valence-corrected chi connectivity index (χ2v) is 4.99. The number of esters is 1. The van der Waals surface area contributed by atoms with Gasteiger partial charge in [-0.1, -0.05) is 18.2 Å². The maximum Gasteiger partial charge on any atom is 0.315 e. The van der Waals surface area contributed by atoms with Gasteiger partial charge >= 0.3 is 5.97 Å². The van der Waals surface area contributed by atoms with Gasteiger partial charge in [0.15, 0.2) is 0 Å². The summed E-state index contributed by atoms with van der Waals surface area (Å²) in [6, 6.07) is 10.1. The van der Waals surface area contributed by atoms with E-state index in [2.05, 4.69) is 21.1 Å². The number of ether oxygens (including phenoxy) is 1. The highest BCUT2D eigenvalue weighted by molar-refractivity contribution is 7.99. The molecule has 0 aliphatic carbocycles. The standard InChI is InChI=1S/C14H16N2O2S/c1-15-14-11(8-19-9-13(17)18-2)7-10-5-3-4-6-12(10)16-14/h3-7H,8-9H2,1-2H3,(H,15,16). The van der Waals surface area contributed by atoms with Gasteiger partial charge in [0.2, 0.25) is 0 Å². The van der Waals surface area contributed by atoms with E-state index in [-0.39, 0.29) is 5.97 Å². The lowest BCUT2D eigenvalue weighted by molar-refractivity contribution is -0.137. The van der Waals surface area contributed by atoms with Gasteiger partial charge in [0.05, 0.1) is 18.4 Å². The van der Waals surface area contributed by atoms with Crippen molar-refractivity contribution in [1.29, 1.82) is 0 Å². The number of carbonyl (C=O) groups excluding carboxylic acids is 1. The third-order valence-corrected chi connectivity index (χ3v) is 3.70. The second-order valence-electron chi connectivity index (χ2n) is 4.01. The largest absolute Gasteiger partial charge is 0.468 e. The number of nitrogens with one attached hydrogen (secondary N) is 1. The first kappa shape index (κ1) is 13.7. The van der Waals surface area contributed by atoms with E-state index in [1.165, 1.54) is 18.9 Å². The highest BCUT2D eigenvalue weighted by Crippen LogP contribution is 2.24. The Hall–Kier alpha value is -1.75. The number of thioether (sulfide) groups is 1. The van der Waals surface area contributed by atoms with Crippen molar-refractivity contribution in [3.05, 3.63) is 35.9 Å². The van der Waals surface area contributed by atoms with Gasteiger partial charge in [-0.3, -0.25) is 4.79 Å². The minimum absolute atomic E-state index is 0.204. The fourth-order valence-electron chi connectivity index (χ4n) is 1.79. The minimum Gasteiger partial charge on any atom is -0.468 e. The number of anilines is 1. The van der Waals surface area contributed by atoms with Crippen LogP contribution in [0.2, 0.25) is 0 Å². The van der Waals surface area contributed by atoms with Crippen molar-refractivity contribution >= 4 is 34.5 Å². The molecule has 19 heavy (non-hydrogen) atoms. The summed E-state index contributed by atoms with van der Waals surface area (Å²) < 4.78 is 4.62. The smallest absolute Gasteiger partial charge is 0.315 e. The molecule has 100 valence electrons. The third-order valence-electron chi connectivity index (χ3n) is 2.74. The summed E-state index contributed by atoms with van der Waals surface area (Å²) >= 11 is 1.52. The van der Waals surface area contributed by atoms with Crippen LogP contribution in [-0.4, -0.2) is 30.9 Å². The molecule has 0 atom stereocenters. The first-order chi connectivity index (χ1) is 9.24. The molecule has 0 spiro atoms. The summed E-state index contributed by atoms with van der Waals surface area (Å²) in [5, 5.41) is 4.21. The second kappa shape index (κ2) is 6.43. The third kappa shape index (κ3) is 3.38. The zero-order valence-electron chi connectivity index (χ0n) is 11.0. The molecule has 1 aromatic heterocycles. The van der Waals surface area contributed by atoms with Crippen molar-refractivity contribution in [2.24, 2.45) is 0 Å². The predicted octanol–water partition coefficient (Wildman–Crippen LogP) is 2.68. The van der Waals surface area contributed by atoms with Gasteiger partial charge < -0.3 is 10.1 Å². The number of para-hydroxylation sites is 1. The molecule has 2 aromatic rings. The maximum atomic E-state index is 11.1. The van der Waals surface area contributed by atoms with Crippen LogP contribution >= 0.6 is 11.8 Å². The van der Waals surface area contributed by atoms with Crippen LogP contribution in [0.5, 0.6) is 0 Å². The molecule has 1 aromatic carbocycles. The molecule has 4 nitrogen and oxygen atoms in total. The van der Waals surface area contributed by atoms with Crippen LogP contribution in [-0.2, 0) is 15.3 Å². The van der Waals surface area contributed by atoms with Crippen LogP contribution in [0.3, 0.4) is 0 Å². The fraction of sp³-hybridized carbons (Fsp3) is 0.286. The van der Waals surface area contributed by atoms with Crippen molar-refractivity contribution < 1.29 is 9.53 Å². The molecule has 0 saturated carbocycles. The van der Waals surface area contributed by atoms with Crippen LogP contribution in [0, 0.1) is 0 Å². The minimum atomic E-state index is -0.204. The first-order valence-electron chi connectivity index (χ1n) is 5.95. The van der Waals surface area contributed by atoms with E-state index in [1.54, 1.807) is 0 Å². The first-order valence-corrected chi connectivity index (χ1v) is 7.11. The summed E-state index contributed by atoms with van der Waals surface area (Å²) in [4.78, 5) is 15.7. The Labute approximate surface area is 116 Å². The summed E-state index contributed by atoms with van der Waals surface area (Å²) in [6.45, 7) is 0. The van der Waals surface area contributed by atoms with E-state index >= 15 is 0 Å². The number of carbonyl (C=O) groups is 1. The lowest BCUT2D eigenvalue weighted by Gasteiger charge is -2.09. The Morgan fingerprint density at radius 3 is 2.95 bits per heavy atom. The molecule has 0 unspecified atom stereocenters. The Balaban J connectivity index is 2.18. The summed E-state index contributed by atoms with van der Waals surface area (Å²) in [6.07, 6.45) is 0. The molecule has 0 bridgehead atoms. The van der Waals surface area contributed by atoms with Crippen molar-refractivity contribution in [3.63, 3.8) is 0 Å². The molecule has 1 N–H and O–H groups in total. The molecule has 0 saturated heterocycles. The average Bonchev–Trinajstić information content (AvgIpc) is 2.46. The topological polar surface area (TPSA) is 51.2 Å². The number of pyridine rings is 1. The van der Waals surface area contributed by atoms with Crippen molar-refractivity contribution in [1.82, 2.24) is 4.98 Å². The number of fused-ring (bicyclic) bond motifs is 1. The predicted molar refractivity (Wildman–Crippen MR) is 79.5 cm³/mol. The molecule has 1 heterocycles. The highest BCUT2D eigenvalue weighted by atomic mass is 32.2. The molecule has 0 amide bonds. The number of hydrogen-bond donors (Lipinski definition) is 1. The van der Waals surface area contributed by atoms with E-state index in [0.29, 0.717) is 5.75 Å². The Kier molecular flexibility index (Phi) is 4.63. The summed E-state index contributed by atoms with van der Waals surface area (Å²) in [5.41, 5.74) is 2.06. The Morgan fingerprint density at radius 2 is 2.21 bits per heavy atom. The lowest BCUT2D eigenvalue weighted by atomic mass is 10.1. The zero-order chi connectivity index (χ0) is 13.7. The number of aromatic nitrogens is 1. The van der Waals surface area contributed by atoms with Gasteiger partial charge in [-0.25, -0.2) is 4.98 Å². The van der Waals surface area contributed by atoms with Crippen LogP contribution in [0.15, 0.2) is 30.3 Å². The molecule has 0 fully saturated rings. The molecule has 5 heteroatoms. The van der Waals surface area contributed by atoms with Gasteiger partial charge in [0, 0.05) is 23.8 Å². The van der Waals surface area contributed by atoms with Crippen LogP contribution < -0.4 is 5.32 Å². The van der Waals surface area contributed by atoms with Gasteiger partial charge in [-0.15, -0.1) is 11.8 Å². The number of hydrogen-bond acceptors (Lipinski definition) is 5. The maximum absolute atomic E-state index is 11.1. The normalized spacial score (nSPS) is 10.4. The van der Waals surface area contributed by atoms with Crippen LogP contribution in [0.4, 0.5) is 5.82 Å². The van der Waals surface area contributed by atoms with Crippen LogP contribution in [0.1, 0.15) is 5.56 Å². The molecule has 0 radical (unpaired) electrons. The van der Waals surface area contributed by atoms with E-state index < -0.39 is 0 Å². The Morgan fingerprint density at radius 1 is 1.42 bits per heavy atom. The number of benzene rings is 1. The van der Waals surface area contributed by atoms with Crippen molar-refractivity contribution in [2.45, 2.75) is 5.75 Å². The fourth-order valence-corrected chi connectivity index (χ4v) is 2.62. The van der Waals surface area contributed by atoms with Gasteiger partial charge in [0.1, 0.15) is 5.82 Å². The van der Waals surface area contributed by atoms with Crippen molar-refractivity contribution in [3.8, 4) is 0 Å². The molecule has 0 aliphatic rings. The molecular formula is C14H16N2O2S. The zero-order valence-corrected chi connectivity index (χ0v) is 11.8. The lowest BCUT2D eigenvalue weighted by Crippen LogP contribution is -2.04. The average molecular weight is 276 g/mol. The van der Waals surface area contributed by atoms with Gasteiger partial charge in [-0.05, 0) is 12.1 Å². The quantitative estimate of drug-likeness (QED) is 0.851. The summed E-state index contributed by atoms with van der Waals surface area (Å²) in [5.74, 6) is 1.73. The molecule has 2 rings (SSSR count).